The molecule has 2 unspecified atom stereocenters. The lowest BCUT2D eigenvalue weighted by Gasteiger charge is -2.41. The minimum absolute atomic E-state index is 0.0513. The second-order valence-electron chi connectivity index (χ2n) is 15.6. The summed E-state index contributed by atoms with van der Waals surface area (Å²) < 4.78 is 10.4. The summed E-state index contributed by atoms with van der Waals surface area (Å²) in [5.41, 5.74) is 10.3. The minimum atomic E-state index is -1.20. The summed E-state index contributed by atoms with van der Waals surface area (Å²) in [6.07, 6.45) is 18.6. The molecule has 10 nitrogen and oxygen atoms in total. The first-order valence-corrected chi connectivity index (χ1v) is 18.7. The number of carbonyl (C=O) groups is 4. The third-order valence-electron chi connectivity index (χ3n) is 8.82. The summed E-state index contributed by atoms with van der Waals surface area (Å²) in [5, 5.41) is 0. The van der Waals surface area contributed by atoms with E-state index in [2.05, 4.69) is 4.90 Å². The van der Waals surface area contributed by atoms with E-state index in [0.717, 1.165) is 64.3 Å². The van der Waals surface area contributed by atoms with Crippen molar-refractivity contribution in [3.63, 3.8) is 0 Å². The fraction of sp³-hybridized carbons (Fsp3) is 0.892. The second-order valence-corrected chi connectivity index (χ2v) is 15.6. The topological polar surface area (TPSA) is 142 Å². The van der Waals surface area contributed by atoms with E-state index in [1.165, 1.54) is 51.4 Å². The number of unbranched alkanes of at least 4 members (excludes halogenated alkanes) is 13. The number of rotatable bonds is 22. The molecule has 1 saturated heterocycles. The molecule has 4 N–H and O–H groups in total. The van der Waals surface area contributed by atoms with Crippen LogP contribution in [0.5, 0.6) is 0 Å². The number of aldehydes is 1. The number of hydrogen-bond donors (Lipinski definition) is 2. The quantitative estimate of drug-likeness (QED) is 0.0672. The molecule has 1 fully saturated rings. The molecule has 0 aromatic rings. The highest BCUT2D eigenvalue weighted by Gasteiger charge is 2.60. The first kappa shape index (κ1) is 43.1. The first-order valence-electron chi connectivity index (χ1n) is 18.7. The summed E-state index contributed by atoms with van der Waals surface area (Å²) in [6, 6.07) is -1.20. The van der Waals surface area contributed by atoms with Gasteiger partial charge in [-0.05, 0) is 106 Å². The molecule has 0 aromatic carbocycles. The number of likely N-dealkylation sites (tertiary alicyclic amines) is 1. The minimum Gasteiger partial charge on any atom is -0.414 e. The number of piperidine rings is 1. The maximum atomic E-state index is 14.3. The Bertz CT molecular complexity index is 886. The summed E-state index contributed by atoms with van der Waals surface area (Å²) in [4.78, 5) is 55.2. The lowest BCUT2D eigenvalue weighted by Crippen LogP contribution is -2.70. The average Bonchev–Trinajstić information content (AvgIpc) is 2.98. The van der Waals surface area contributed by atoms with Crippen LogP contribution in [-0.4, -0.2) is 83.2 Å². The average molecular weight is 668 g/mol. The van der Waals surface area contributed by atoms with Crippen molar-refractivity contribution in [1.29, 1.82) is 0 Å². The van der Waals surface area contributed by atoms with Gasteiger partial charge in [0.1, 0.15) is 30.1 Å². The van der Waals surface area contributed by atoms with E-state index >= 15 is 0 Å². The molecule has 274 valence electrons. The van der Waals surface area contributed by atoms with Crippen molar-refractivity contribution in [2.24, 2.45) is 11.5 Å². The molecular weight excluding hydrogens is 596 g/mol. The summed E-state index contributed by atoms with van der Waals surface area (Å²) in [7, 11) is 0. The monoisotopic (exact) mass is 668 g/mol. The maximum Gasteiger partial charge on any atom is 0.535 e. The maximum absolute atomic E-state index is 14.3. The Hall–Kier alpha value is -1.88. The standard InChI is InChI=1S/C37H71N4O6/c1-36(2,3)46-34(44)41(35(45)47-37(4,5)6,33(43)32(39)25-18-20-26-38)30-31-24-19-22-28-40(31)27-21-16-14-12-10-8-7-9-11-13-15-17-23-29-42/h29,31-32H,7-28,30,38-39H2,1-6H3/q+1. The van der Waals surface area contributed by atoms with Gasteiger partial charge < -0.3 is 25.7 Å². The molecule has 0 radical (unpaired) electrons. The van der Waals surface area contributed by atoms with Crippen LogP contribution >= 0.6 is 0 Å². The van der Waals surface area contributed by atoms with Crippen LogP contribution < -0.4 is 11.5 Å². The van der Waals surface area contributed by atoms with Crippen molar-refractivity contribution in [2.45, 2.75) is 187 Å². The Morgan fingerprint density at radius 3 is 1.72 bits per heavy atom. The van der Waals surface area contributed by atoms with E-state index in [0.29, 0.717) is 32.2 Å². The Morgan fingerprint density at radius 2 is 1.26 bits per heavy atom. The lowest BCUT2D eigenvalue weighted by molar-refractivity contribution is -0.716. The van der Waals surface area contributed by atoms with Gasteiger partial charge in [0.15, 0.2) is 0 Å². The zero-order valence-electron chi connectivity index (χ0n) is 31.0. The van der Waals surface area contributed by atoms with Crippen molar-refractivity contribution in [1.82, 2.24) is 4.90 Å². The molecule has 0 aliphatic carbocycles. The highest BCUT2D eigenvalue weighted by Crippen LogP contribution is 2.29. The summed E-state index contributed by atoms with van der Waals surface area (Å²) in [6.45, 7) is 12.5. The molecule has 0 aromatic heterocycles. The van der Waals surface area contributed by atoms with E-state index in [1.807, 2.05) is 0 Å². The van der Waals surface area contributed by atoms with Gasteiger partial charge in [0.2, 0.25) is 0 Å². The van der Waals surface area contributed by atoms with E-state index in [4.69, 9.17) is 20.9 Å². The molecule has 2 atom stereocenters. The number of nitrogens with zero attached hydrogens (tertiary/aromatic N) is 2. The predicted molar refractivity (Wildman–Crippen MR) is 189 cm³/mol. The first-order chi connectivity index (χ1) is 22.2. The molecule has 0 spiro atoms. The molecule has 0 bridgehead atoms. The number of hydrogen-bond acceptors (Lipinski definition) is 9. The summed E-state index contributed by atoms with van der Waals surface area (Å²) in [5.74, 6) is -0.672. The smallest absolute Gasteiger partial charge is 0.414 e. The zero-order chi connectivity index (χ0) is 35.3. The number of imide groups is 3. The predicted octanol–water partition coefficient (Wildman–Crippen LogP) is 7.78. The van der Waals surface area contributed by atoms with Crippen LogP contribution in [0.15, 0.2) is 0 Å². The van der Waals surface area contributed by atoms with Gasteiger partial charge in [0.25, 0.3) is 0 Å². The van der Waals surface area contributed by atoms with E-state index in [9.17, 15) is 19.2 Å². The highest BCUT2D eigenvalue weighted by molar-refractivity contribution is 5.95. The normalized spacial score (nSPS) is 16.9. The molecule has 47 heavy (non-hydrogen) atoms. The molecule has 1 aliphatic rings. The van der Waals surface area contributed by atoms with Crippen molar-refractivity contribution in [3.05, 3.63) is 0 Å². The largest absolute Gasteiger partial charge is 0.535 e. The third kappa shape index (κ3) is 17.4. The molecular formula is C37H71N4O6+. The van der Waals surface area contributed by atoms with Gasteiger partial charge in [0, 0.05) is 6.42 Å². The number of nitrogens with two attached hydrogens (primary N) is 2. The Labute approximate surface area is 286 Å². The Balaban J connectivity index is 2.93. The van der Waals surface area contributed by atoms with Gasteiger partial charge in [-0.1, -0.05) is 75.1 Å². The van der Waals surface area contributed by atoms with Crippen LogP contribution in [0.4, 0.5) is 9.59 Å². The fourth-order valence-corrected chi connectivity index (χ4v) is 6.28. The van der Waals surface area contributed by atoms with Crippen LogP contribution in [0, 0.1) is 0 Å². The van der Waals surface area contributed by atoms with Gasteiger partial charge in [-0.2, -0.15) is 9.59 Å². The number of ether oxygens (including phenoxy) is 2. The second kappa shape index (κ2) is 22.7. The van der Waals surface area contributed by atoms with Crippen molar-refractivity contribution in [2.75, 3.05) is 26.2 Å². The highest BCUT2D eigenvalue weighted by atomic mass is 16.6. The number of quaternary nitrogens is 1. The number of amides is 3. The van der Waals surface area contributed by atoms with E-state index in [1.54, 1.807) is 41.5 Å². The van der Waals surface area contributed by atoms with E-state index in [-0.39, 0.29) is 12.6 Å². The van der Waals surface area contributed by atoms with Crippen molar-refractivity contribution >= 4 is 24.4 Å². The Morgan fingerprint density at radius 1 is 0.766 bits per heavy atom. The molecule has 1 aliphatic heterocycles. The molecule has 0 saturated carbocycles. The van der Waals surface area contributed by atoms with Gasteiger partial charge in [-0.15, -0.1) is 0 Å². The number of carbonyl (C=O) groups excluding carboxylic acids is 4. The SMILES string of the molecule is CC(C)(C)OC(=O)[N+](CC1CCCCN1CCCCCCCCCCCCCCC=O)(C(=O)OC(C)(C)C)C(=O)C(N)CCCCN. The van der Waals surface area contributed by atoms with Crippen LogP contribution in [0.3, 0.4) is 0 Å². The lowest BCUT2D eigenvalue weighted by atomic mass is 9.98. The molecule has 1 heterocycles. The van der Waals surface area contributed by atoms with Gasteiger partial charge in [-0.3, -0.25) is 4.90 Å². The molecule has 1 rings (SSSR count). The molecule has 10 heteroatoms. The zero-order valence-corrected chi connectivity index (χ0v) is 31.0. The van der Waals surface area contributed by atoms with E-state index < -0.39 is 39.8 Å². The van der Waals surface area contributed by atoms with Crippen molar-refractivity contribution in [3.8, 4) is 0 Å². The molecule has 3 amide bonds. The van der Waals surface area contributed by atoms with Gasteiger partial charge in [-0.25, -0.2) is 4.79 Å². The van der Waals surface area contributed by atoms with Crippen LogP contribution in [0.1, 0.15) is 164 Å². The Kier molecular flexibility index (Phi) is 20.8. The van der Waals surface area contributed by atoms with Gasteiger partial charge in [0.05, 0.1) is 6.04 Å². The third-order valence-corrected chi connectivity index (χ3v) is 8.82. The van der Waals surface area contributed by atoms with Gasteiger partial charge >= 0.3 is 18.1 Å². The van der Waals surface area contributed by atoms with Crippen LogP contribution in [-0.2, 0) is 19.1 Å². The fourth-order valence-electron chi connectivity index (χ4n) is 6.28. The van der Waals surface area contributed by atoms with Crippen LogP contribution in [0.2, 0.25) is 0 Å². The van der Waals surface area contributed by atoms with Crippen molar-refractivity contribution < 1.29 is 33.1 Å². The summed E-state index contributed by atoms with van der Waals surface area (Å²) >= 11 is 0. The van der Waals surface area contributed by atoms with Crippen LogP contribution in [0.25, 0.3) is 0 Å².